The Morgan fingerprint density at radius 2 is 2.04 bits per heavy atom. The van der Waals surface area contributed by atoms with Crippen molar-refractivity contribution in [2.24, 2.45) is 5.10 Å². The molecule has 2 rings (SSSR count). The van der Waals surface area contributed by atoms with Crippen molar-refractivity contribution >= 4 is 29.2 Å². The summed E-state index contributed by atoms with van der Waals surface area (Å²) in [6.07, 6.45) is -3.27. The summed E-state index contributed by atoms with van der Waals surface area (Å²) in [5.41, 5.74) is 1.21. The molecule has 0 bridgehead atoms. The minimum absolute atomic E-state index is 0.193. The van der Waals surface area contributed by atoms with E-state index >= 15 is 0 Å². The summed E-state index contributed by atoms with van der Waals surface area (Å²) in [4.78, 5) is 10.2. The van der Waals surface area contributed by atoms with Crippen molar-refractivity contribution < 1.29 is 22.8 Å². The second kappa shape index (κ2) is 8.45. The van der Waals surface area contributed by atoms with Gasteiger partial charge in [0, 0.05) is 13.1 Å². The Bertz CT molecular complexity index is 887. The molecule has 0 saturated heterocycles. The van der Waals surface area contributed by atoms with Crippen molar-refractivity contribution in [2.45, 2.75) is 6.18 Å². The lowest BCUT2D eigenvalue weighted by Gasteiger charge is -2.10. The summed E-state index contributed by atoms with van der Waals surface area (Å²) in [6.45, 7) is 0. The van der Waals surface area contributed by atoms with Gasteiger partial charge in [-0.3, -0.25) is 15.5 Å². The first-order chi connectivity index (χ1) is 12.7. The van der Waals surface area contributed by atoms with Crippen LogP contribution in [0.4, 0.5) is 18.9 Å². The fraction of sp³-hybridized carbons (Fsp3) is 0.125. The zero-order chi connectivity index (χ0) is 20.0. The molecule has 2 aromatic rings. The highest BCUT2D eigenvalue weighted by molar-refractivity contribution is 7.80. The molecule has 7 nitrogen and oxygen atoms in total. The zero-order valence-electron chi connectivity index (χ0n) is 13.8. The minimum atomic E-state index is -4.69. The Labute approximate surface area is 157 Å². The monoisotopic (exact) mass is 398 g/mol. The van der Waals surface area contributed by atoms with Crippen LogP contribution in [0.2, 0.25) is 0 Å². The van der Waals surface area contributed by atoms with Crippen molar-refractivity contribution in [1.82, 2.24) is 10.7 Å². The number of hydrogen-bond acceptors (Lipinski definition) is 5. The van der Waals surface area contributed by atoms with Gasteiger partial charge in [0.1, 0.15) is 5.75 Å². The number of rotatable bonds is 5. The molecule has 0 aliphatic heterocycles. The van der Waals surface area contributed by atoms with Crippen LogP contribution in [0.5, 0.6) is 11.5 Å². The van der Waals surface area contributed by atoms with E-state index in [9.17, 15) is 23.3 Å². The summed E-state index contributed by atoms with van der Waals surface area (Å²) in [5, 5.41) is 17.9. The summed E-state index contributed by atoms with van der Waals surface area (Å²) in [5.74, 6) is -0.116. The normalized spacial score (nSPS) is 11.3. The average molecular weight is 398 g/mol. The Balaban J connectivity index is 2.25. The van der Waals surface area contributed by atoms with Gasteiger partial charge >= 0.3 is 11.9 Å². The number of ether oxygens (including phenoxy) is 1. The highest BCUT2D eigenvalue weighted by atomic mass is 32.1. The Morgan fingerprint density at radius 3 is 2.67 bits per heavy atom. The van der Waals surface area contributed by atoms with Crippen LogP contribution in [-0.4, -0.2) is 23.3 Å². The molecule has 0 saturated carbocycles. The van der Waals surface area contributed by atoms with Crippen LogP contribution in [0.15, 0.2) is 47.6 Å². The quantitative estimate of drug-likeness (QED) is 0.344. The molecule has 0 heterocycles. The summed E-state index contributed by atoms with van der Waals surface area (Å²) in [6, 6.07) is 8.36. The van der Waals surface area contributed by atoms with Crippen LogP contribution >= 0.6 is 12.2 Å². The predicted molar refractivity (Wildman–Crippen MR) is 97.0 cm³/mol. The molecule has 0 aromatic heterocycles. The van der Waals surface area contributed by atoms with Gasteiger partial charge in [-0.25, -0.2) is 0 Å². The van der Waals surface area contributed by atoms with Gasteiger partial charge in [0.05, 0.1) is 16.7 Å². The van der Waals surface area contributed by atoms with Gasteiger partial charge in [0.15, 0.2) is 5.11 Å². The zero-order valence-corrected chi connectivity index (χ0v) is 14.6. The fourth-order valence-electron chi connectivity index (χ4n) is 1.93. The van der Waals surface area contributed by atoms with Crippen LogP contribution < -0.4 is 15.5 Å². The smallest absolute Gasteiger partial charge is 0.416 e. The molecule has 0 radical (unpaired) electrons. The average Bonchev–Trinajstić information content (AvgIpc) is 2.61. The maximum atomic E-state index is 12.7. The molecule has 0 amide bonds. The van der Waals surface area contributed by atoms with Gasteiger partial charge in [0.2, 0.25) is 5.75 Å². The van der Waals surface area contributed by atoms with Crippen molar-refractivity contribution in [1.29, 1.82) is 0 Å². The molecule has 0 spiro atoms. The molecule has 27 heavy (non-hydrogen) atoms. The maximum Gasteiger partial charge on any atom is 0.416 e. The largest absolute Gasteiger partial charge is 0.450 e. The van der Waals surface area contributed by atoms with Gasteiger partial charge in [-0.15, -0.1) is 0 Å². The number of nitro groups is 1. The van der Waals surface area contributed by atoms with Crippen molar-refractivity contribution in [3.63, 3.8) is 0 Å². The number of nitro benzene ring substituents is 1. The van der Waals surface area contributed by atoms with E-state index in [4.69, 9.17) is 17.0 Å². The fourth-order valence-corrected chi connectivity index (χ4v) is 1.98. The predicted octanol–water partition coefficient (Wildman–Crippen LogP) is 3.83. The molecule has 2 N–H and O–H groups in total. The van der Waals surface area contributed by atoms with Crippen molar-refractivity contribution in [3.05, 3.63) is 63.7 Å². The van der Waals surface area contributed by atoms with E-state index in [1.165, 1.54) is 18.3 Å². The van der Waals surface area contributed by atoms with E-state index in [1.807, 2.05) is 0 Å². The van der Waals surface area contributed by atoms with E-state index in [1.54, 1.807) is 19.2 Å². The van der Waals surface area contributed by atoms with Gasteiger partial charge < -0.3 is 10.1 Å². The number of hydrazone groups is 1. The van der Waals surface area contributed by atoms with Crippen LogP contribution in [0.1, 0.15) is 11.1 Å². The molecule has 0 aliphatic carbocycles. The molecule has 0 fully saturated rings. The van der Waals surface area contributed by atoms with E-state index < -0.39 is 22.4 Å². The second-order valence-electron chi connectivity index (χ2n) is 5.06. The van der Waals surface area contributed by atoms with E-state index in [2.05, 4.69) is 15.8 Å². The molecule has 0 aliphatic rings. The Morgan fingerprint density at radius 1 is 1.30 bits per heavy atom. The first kappa shape index (κ1) is 20.1. The van der Waals surface area contributed by atoms with Crippen molar-refractivity contribution in [3.8, 4) is 11.5 Å². The van der Waals surface area contributed by atoms with Gasteiger partial charge in [-0.1, -0.05) is 12.1 Å². The summed E-state index contributed by atoms with van der Waals surface area (Å²) >= 11 is 4.85. The Kier molecular flexibility index (Phi) is 6.29. The summed E-state index contributed by atoms with van der Waals surface area (Å²) in [7, 11) is 1.62. The van der Waals surface area contributed by atoms with Crippen molar-refractivity contribution in [2.75, 3.05) is 7.05 Å². The maximum absolute atomic E-state index is 12.7. The topological polar surface area (TPSA) is 88.8 Å². The molecule has 0 unspecified atom stereocenters. The SMILES string of the molecule is CNC(=S)N/N=C/c1cccc(Oc2ccc(C(F)(F)F)cc2[N+](=O)[O-])c1. The third-order valence-electron chi connectivity index (χ3n) is 3.18. The number of nitrogens with one attached hydrogen (secondary N) is 2. The highest BCUT2D eigenvalue weighted by Crippen LogP contribution is 2.37. The first-order valence-electron chi connectivity index (χ1n) is 7.35. The van der Waals surface area contributed by atoms with E-state index in [0.29, 0.717) is 16.7 Å². The number of benzene rings is 2. The Hall–Kier alpha value is -3.21. The number of hydrogen-bond donors (Lipinski definition) is 2. The molecule has 142 valence electrons. The van der Waals surface area contributed by atoms with E-state index in [0.717, 1.165) is 12.1 Å². The van der Waals surface area contributed by atoms with E-state index in [-0.39, 0.29) is 11.5 Å². The number of alkyl halides is 3. The standard InChI is InChI=1S/C16H13F3N4O3S/c1-20-15(27)22-21-9-10-3-2-4-12(7-10)26-14-6-5-11(16(17,18)19)8-13(14)23(24)25/h2-9H,1H3,(H2,20,22,27)/b21-9+. The van der Waals surface area contributed by atoms with Gasteiger partial charge in [0.25, 0.3) is 0 Å². The molecule has 0 atom stereocenters. The van der Waals surface area contributed by atoms with Gasteiger partial charge in [-0.2, -0.15) is 18.3 Å². The molecule has 2 aromatic carbocycles. The lowest BCUT2D eigenvalue weighted by molar-refractivity contribution is -0.385. The second-order valence-corrected chi connectivity index (χ2v) is 5.47. The lowest BCUT2D eigenvalue weighted by Crippen LogP contribution is -2.28. The minimum Gasteiger partial charge on any atom is -0.450 e. The molecule has 11 heteroatoms. The summed E-state index contributed by atoms with van der Waals surface area (Å²) < 4.78 is 43.6. The lowest BCUT2D eigenvalue weighted by atomic mass is 10.2. The third-order valence-corrected chi connectivity index (χ3v) is 3.47. The molecular formula is C16H13F3N4O3S. The highest BCUT2D eigenvalue weighted by Gasteiger charge is 2.33. The third kappa shape index (κ3) is 5.64. The first-order valence-corrected chi connectivity index (χ1v) is 7.76. The van der Waals surface area contributed by atoms with Crippen LogP contribution in [0, 0.1) is 10.1 Å². The number of halogens is 3. The van der Waals surface area contributed by atoms with Gasteiger partial charge in [-0.05, 0) is 42.0 Å². The van der Waals surface area contributed by atoms with Crippen LogP contribution in [0.25, 0.3) is 0 Å². The number of nitrogens with zero attached hydrogens (tertiary/aromatic N) is 2. The number of thiocarbonyl (C=S) groups is 1. The van der Waals surface area contributed by atoms with Crippen LogP contribution in [-0.2, 0) is 6.18 Å². The van der Waals surface area contributed by atoms with Crippen LogP contribution in [0.3, 0.4) is 0 Å². The molecular weight excluding hydrogens is 385 g/mol.